The summed E-state index contributed by atoms with van der Waals surface area (Å²) >= 11 is 0. The summed E-state index contributed by atoms with van der Waals surface area (Å²) in [6.45, 7) is 5.96. The number of hydrogen-bond donors (Lipinski definition) is 2. The highest BCUT2D eigenvalue weighted by Gasteiger charge is 2.21. The lowest BCUT2D eigenvalue weighted by Gasteiger charge is -2.18. The second kappa shape index (κ2) is 17.5. The molecular formula is C35H42N2O7. The Morgan fingerprint density at radius 3 is 2.25 bits per heavy atom. The van der Waals surface area contributed by atoms with Crippen molar-refractivity contribution in [3.8, 4) is 17.2 Å². The molecule has 2 amide bonds. The van der Waals surface area contributed by atoms with Crippen molar-refractivity contribution in [2.24, 2.45) is 0 Å². The third-order valence-electron chi connectivity index (χ3n) is 7.00. The molecule has 0 saturated carbocycles. The van der Waals surface area contributed by atoms with E-state index in [1.54, 1.807) is 73.7 Å². The van der Waals surface area contributed by atoms with E-state index in [-0.39, 0.29) is 23.9 Å². The molecule has 3 rings (SSSR count). The number of methoxy groups -OCH3 is 1. The van der Waals surface area contributed by atoms with Crippen molar-refractivity contribution >= 4 is 29.3 Å². The molecule has 0 fully saturated rings. The fourth-order valence-corrected chi connectivity index (χ4v) is 4.43. The van der Waals surface area contributed by atoms with Gasteiger partial charge in [-0.2, -0.15) is 0 Å². The average Bonchev–Trinajstić information content (AvgIpc) is 3.03. The number of benzene rings is 3. The van der Waals surface area contributed by atoms with Gasteiger partial charge >= 0.3 is 5.97 Å². The Labute approximate surface area is 259 Å². The van der Waals surface area contributed by atoms with Crippen molar-refractivity contribution in [2.45, 2.75) is 71.8 Å². The lowest BCUT2D eigenvalue weighted by atomic mass is 10.0. The van der Waals surface area contributed by atoms with Crippen LogP contribution in [0.4, 0.5) is 5.69 Å². The lowest BCUT2D eigenvalue weighted by molar-refractivity contribution is -0.119. The summed E-state index contributed by atoms with van der Waals surface area (Å²) in [6.07, 6.45) is 6.28. The first-order valence-electron chi connectivity index (χ1n) is 15.1. The maximum atomic E-state index is 12.9. The normalized spacial score (nSPS) is 11.3. The zero-order valence-electron chi connectivity index (χ0n) is 25.9. The predicted octanol–water partition coefficient (Wildman–Crippen LogP) is 6.54. The second-order valence-corrected chi connectivity index (χ2v) is 10.5. The predicted molar refractivity (Wildman–Crippen MR) is 170 cm³/mol. The lowest BCUT2D eigenvalue weighted by Crippen LogP contribution is -2.41. The first-order valence-corrected chi connectivity index (χ1v) is 15.1. The molecule has 0 bridgehead atoms. The Morgan fingerprint density at radius 1 is 0.818 bits per heavy atom. The van der Waals surface area contributed by atoms with Gasteiger partial charge in [-0.3, -0.25) is 14.4 Å². The Bertz CT molecular complexity index is 1420. The van der Waals surface area contributed by atoms with Crippen LogP contribution in [-0.2, 0) is 16.0 Å². The van der Waals surface area contributed by atoms with E-state index in [1.807, 2.05) is 0 Å². The molecule has 9 nitrogen and oxygen atoms in total. The van der Waals surface area contributed by atoms with E-state index in [2.05, 4.69) is 17.6 Å². The van der Waals surface area contributed by atoms with Crippen molar-refractivity contribution in [3.63, 3.8) is 0 Å². The van der Waals surface area contributed by atoms with Crippen LogP contribution >= 0.6 is 0 Å². The maximum Gasteiger partial charge on any atom is 0.343 e. The summed E-state index contributed by atoms with van der Waals surface area (Å²) in [5.74, 6) is -0.158. The second-order valence-electron chi connectivity index (χ2n) is 10.5. The van der Waals surface area contributed by atoms with Gasteiger partial charge in [0, 0.05) is 17.7 Å². The van der Waals surface area contributed by atoms with E-state index in [0.717, 1.165) is 12.8 Å². The zero-order chi connectivity index (χ0) is 31.9. The van der Waals surface area contributed by atoms with Gasteiger partial charge in [0.1, 0.15) is 5.75 Å². The molecule has 234 valence electrons. The van der Waals surface area contributed by atoms with Crippen molar-refractivity contribution in [1.29, 1.82) is 0 Å². The number of carbonyl (C=O) groups excluding carboxylic acids is 4. The first kappa shape index (κ1) is 33.8. The summed E-state index contributed by atoms with van der Waals surface area (Å²) in [6, 6.07) is 17.5. The van der Waals surface area contributed by atoms with Gasteiger partial charge in [0.05, 0.1) is 25.3 Å². The molecule has 0 heterocycles. The minimum atomic E-state index is -0.813. The molecule has 2 N–H and O–H groups in total. The summed E-state index contributed by atoms with van der Waals surface area (Å²) in [5, 5.41) is 5.49. The molecule has 1 atom stereocenters. The third kappa shape index (κ3) is 10.6. The Hall–Kier alpha value is -4.66. The SMILES string of the molecule is CCCCCCCOc1ccc(C(=O)Oc2ccc(CC(NC(=O)c3cccc(NC(=O)CC)c3)C(C)=O)cc2OC)cc1. The smallest absolute Gasteiger partial charge is 0.343 e. The summed E-state index contributed by atoms with van der Waals surface area (Å²) in [4.78, 5) is 49.9. The van der Waals surface area contributed by atoms with Gasteiger partial charge in [-0.15, -0.1) is 0 Å². The van der Waals surface area contributed by atoms with E-state index >= 15 is 0 Å². The molecule has 0 spiro atoms. The summed E-state index contributed by atoms with van der Waals surface area (Å²) < 4.78 is 16.8. The number of anilines is 1. The molecule has 0 saturated heterocycles. The van der Waals surface area contributed by atoms with Gasteiger partial charge in [0.15, 0.2) is 17.3 Å². The number of ketones is 1. The molecule has 44 heavy (non-hydrogen) atoms. The van der Waals surface area contributed by atoms with Gasteiger partial charge in [0.2, 0.25) is 5.91 Å². The monoisotopic (exact) mass is 602 g/mol. The highest BCUT2D eigenvalue weighted by Crippen LogP contribution is 2.30. The van der Waals surface area contributed by atoms with Gasteiger partial charge in [-0.25, -0.2) is 4.79 Å². The van der Waals surface area contributed by atoms with Crippen LogP contribution in [0.15, 0.2) is 66.7 Å². The van der Waals surface area contributed by atoms with Crippen molar-refractivity contribution in [2.75, 3.05) is 19.0 Å². The Kier molecular flexibility index (Phi) is 13.4. The summed E-state index contributed by atoms with van der Waals surface area (Å²) in [7, 11) is 1.46. The summed E-state index contributed by atoms with van der Waals surface area (Å²) in [5.41, 5.74) is 1.87. The van der Waals surface area contributed by atoms with Crippen molar-refractivity contribution in [1.82, 2.24) is 5.32 Å². The molecule has 0 aliphatic carbocycles. The van der Waals surface area contributed by atoms with Crippen LogP contribution in [0.25, 0.3) is 0 Å². The first-order chi connectivity index (χ1) is 21.2. The highest BCUT2D eigenvalue weighted by atomic mass is 16.6. The number of rotatable bonds is 17. The molecular weight excluding hydrogens is 560 g/mol. The fraction of sp³-hybridized carbons (Fsp3) is 0.371. The quantitative estimate of drug-likeness (QED) is 0.102. The van der Waals surface area contributed by atoms with Gasteiger partial charge in [-0.05, 0) is 79.9 Å². The molecule has 0 aromatic heterocycles. The van der Waals surface area contributed by atoms with Crippen LogP contribution in [0, 0.1) is 0 Å². The molecule has 3 aromatic carbocycles. The largest absolute Gasteiger partial charge is 0.494 e. The number of esters is 1. The maximum absolute atomic E-state index is 12.9. The molecule has 0 radical (unpaired) electrons. The number of amides is 2. The van der Waals surface area contributed by atoms with Crippen LogP contribution in [0.5, 0.6) is 17.2 Å². The number of hydrogen-bond acceptors (Lipinski definition) is 7. The molecule has 1 unspecified atom stereocenters. The molecule has 0 aliphatic rings. The topological polar surface area (TPSA) is 120 Å². The minimum Gasteiger partial charge on any atom is -0.494 e. The number of Topliss-reactive ketones (excluding diaryl/α,β-unsaturated/α-hetero) is 1. The molecule has 0 aliphatic heterocycles. The van der Waals surface area contributed by atoms with Gasteiger partial charge in [0.25, 0.3) is 5.91 Å². The van der Waals surface area contributed by atoms with Crippen LogP contribution in [-0.4, -0.2) is 43.3 Å². The number of unbranched alkanes of at least 4 members (excludes halogenated alkanes) is 4. The van der Waals surface area contributed by atoms with E-state index in [0.29, 0.717) is 46.9 Å². The number of nitrogens with one attached hydrogen (secondary N) is 2. The van der Waals surface area contributed by atoms with E-state index in [1.165, 1.54) is 33.3 Å². The van der Waals surface area contributed by atoms with Crippen LogP contribution < -0.4 is 24.8 Å². The van der Waals surface area contributed by atoms with E-state index < -0.39 is 17.9 Å². The zero-order valence-corrected chi connectivity index (χ0v) is 25.9. The number of ether oxygens (including phenoxy) is 3. The Morgan fingerprint density at radius 2 is 1.57 bits per heavy atom. The molecule has 3 aromatic rings. The van der Waals surface area contributed by atoms with Crippen LogP contribution in [0.2, 0.25) is 0 Å². The highest BCUT2D eigenvalue weighted by molar-refractivity contribution is 5.99. The van der Waals surface area contributed by atoms with Crippen LogP contribution in [0.1, 0.15) is 85.6 Å². The third-order valence-corrected chi connectivity index (χ3v) is 7.00. The van der Waals surface area contributed by atoms with Crippen LogP contribution in [0.3, 0.4) is 0 Å². The van der Waals surface area contributed by atoms with Gasteiger partial charge < -0.3 is 24.8 Å². The Balaban J connectivity index is 1.61. The molecule has 9 heteroatoms. The van der Waals surface area contributed by atoms with E-state index in [4.69, 9.17) is 14.2 Å². The average molecular weight is 603 g/mol. The number of carbonyl (C=O) groups is 4. The standard InChI is InChI=1S/C35H42N2O7/c1-5-7-8-9-10-20-43-29-17-15-26(16-18-29)35(41)44-31-19-14-25(22-32(31)42-4)21-30(24(3)38)37-34(40)27-12-11-13-28(23-27)36-33(39)6-2/h11-19,22-23,30H,5-10,20-21H2,1-4H3,(H,36,39)(H,37,40). The fourth-order valence-electron chi connectivity index (χ4n) is 4.43. The van der Waals surface area contributed by atoms with Crippen molar-refractivity contribution in [3.05, 3.63) is 83.4 Å². The van der Waals surface area contributed by atoms with E-state index in [9.17, 15) is 19.2 Å². The van der Waals surface area contributed by atoms with Gasteiger partial charge in [-0.1, -0.05) is 51.7 Å². The van der Waals surface area contributed by atoms with Crippen molar-refractivity contribution < 1.29 is 33.4 Å². The minimum absolute atomic E-state index is 0.168.